The predicted molar refractivity (Wildman–Crippen MR) is 96.5 cm³/mol. The maximum absolute atomic E-state index is 15.1. The molecule has 0 saturated carbocycles. The van der Waals surface area contributed by atoms with Gasteiger partial charge < -0.3 is 4.74 Å². The third kappa shape index (κ3) is 3.55. The van der Waals surface area contributed by atoms with E-state index in [0.717, 1.165) is 23.1 Å². The van der Waals surface area contributed by atoms with E-state index in [1.165, 1.54) is 0 Å². The number of benzene rings is 3. The number of rotatable bonds is 2. The van der Waals surface area contributed by atoms with E-state index in [0.29, 0.717) is 41.3 Å². The second-order valence-electron chi connectivity index (χ2n) is 7.23. The first kappa shape index (κ1) is 18.7. The fourth-order valence-electron chi connectivity index (χ4n) is 3.97. The number of fused-ring (bicyclic) bond motifs is 2. The van der Waals surface area contributed by atoms with E-state index >= 15 is 4.39 Å². The highest BCUT2D eigenvalue weighted by atomic mass is 19.4. The van der Waals surface area contributed by atoms with Gasteiger partial charge in [0, 0.05) is 5.39 Å². The number of hydrogen-bond donors (Lipinski definition) is 0. The summed E-state index contributed by atoms with van der Waals surface area (Å²) in [6, 6.07) is 11.3. The molecule has 1 atom stereocenters. The van der Waals surface area contributed by atoms with E-state index < -0.39 is 17.9 Å². The van der Waals surface area contributed by atoms with Crippen LogP contribution in [0.15, 0.2) is 42.5 Å². The van der Waals surface area contributed by atoms with Crippen molar-refractivity contribution in [2.75, 3.05) is 0 Å². The molecule has 1 aliphatic carbocycles. The normalized spacial score (nSPS) is 16.9. The quantitative estimate of drug-likeness (QED) is 0.447. The highest BCUT2D eigenvalue weighted by Gasteiger charge is 2.33. The summed E-state index contributed by atoms with van der Waals surface area (Å²) in [5, 5.41) is 1.35. The monoisotopic (exact) mass is 392 g/mol. The van der Waals surface area contributed by atoms with Crippen LogP contribution in [0.2, 0.25) is 0 Å². The molecule has 0 spiro atoms. The Morgan fingerprint density at radius 1 is 0.964 bits per heavy atom. The molecule has 0 heterocycles. The van der Waals surface area contributed by atoms with Crippen LogP contribution in [0.3, 0.4) is 0 Å². The lowest BCUT2D eigenvalue weighted by molar-refractivity contribution is -0.275. The van der Waals surface area contributed by atoms with Crippen molar-refractivity contribution in [1.29, 1.82) is 0 Å². The van der Waals surface area contributed by atoms with Crippen LogP contribution >= 0.6 is 0 Å². The Balaban J connectivity index is 1.66. The lowest BCUT2D eigenvalue weighted by atomic mass is 9.79. The van der Waals surface area contributed by atoms with Crippen LogP contribution in [-0.2, 0) is 12.8 Å². The average molecular weight is 392 g/mol. The Labute approximate surface area is 158 Å². The zero-order valence-electron chi connectivity index (χ0n) is 15.0. The minimum absolute atomic E-state index is 0.160. The van der Waals surface area contributed by atoms with Crippen LogP contribution < -0.4 is 4.74 Å². The third-order valence-electron chi connectivity index (χ3n) is 5.29. The number of alkyl halides is 3. The summed E-state index contributed by atoms with van der Waals surface area (Å²) < 4.78 is 70.1. The van der Waals surface area contributed by atoms with Crippen molar-refractivity contribution >= 4 is 10.8 Å². The summed E-state index contributed by atoms with van der Waals surface area (Å²) in [5.74, 6) is -2.33. The maximum atomic E-state index is 15.1. The zero-order chi connectivity index (χ0) is 20.1. The van der Waals surface area contributed by atoms with Gasteiger partial charge in [-0.15, -0.1) is 13.2 Å². The lowest BCUT2D eigenvalue weighted by Crippen LogP contribution is -2.19. The predicted octanol–water partition coefficient (Wildman–Crippen LogP) is 6.60. The van der Waals surface area contributed by atoms with Crippen LogP contribution in [0.25, 0.3) is 10.8 Å². The lowest BCUT2D eigenvalue weighted by Gasteiger charge is -2.26. The maximum Gasteiger partial charge on any atom is 0.573 e. The summed E-state index contributed by atoms with van der Waals surface area (Å²) in [4.78, 5) is 0. The van der Waals surface area contributed by atoms with Gasteiger partial charge in [0.15, 0.2) is 11.6 Å². The molecular formula is C22H17F5O. The van der Waals surface area contributed by atoms with Gasteiger partial charge in [0.2, 0.25) is 0 Å². The van der Waals surface area contributed by atoms with Crippen molar-refractivity contribution in [2.24, 2.45) is 0 Å². The summed E-state index contributed by atoms with van der Waals surface area (Å²) in [6.45, 7) is 1.94. The SMILES string of the molecule is Cc1ccc2c(F)c(C3CCc4cc(OC(F)(F)F)c(F)cc4C3)ccc2c1. The van der Waals surface area contributed by atoms with Gasteiger partial charge in [-0.2, -0.15) is 0 Å². The molecule has 6 heteroatoms. The van der Waals surface area contributed by atoms with Gasteiger partial charge in [-0.1, -0.05) is 35.9 Å². The molecule has 0 aromatic heterocycles. The smallest absolute Gasteiger partial charge is 0.403 e. The summed E-state index contributed by atoms with van der Waals surface area (Å²) in [5.41, 5.74) is 2.79. The van der Waals surface area contributed by atoms with Gasteiger partial charge in [-0.25, -0.2) is 8.78 Å². The molecule has 1 nitrogen and oxygen atoms in total. The Bertz CT molecular complexity index is 1050. The van der Waals surface area contributed by atoms with E-state index in [2.05, 4.69) is 4.74 Å². The number of hydrogen-bond acceptors (Lipinski definition) is 1. The van der Waals surface area contributed by atoms with Crippen molar-refractivity contribution in [1.82, 2.24) is 0 Å². The molecule has 28 heavy (non-hydrogen) atoms. The fraction of sp³-hybridized carbons (Fsp3) is 0.273. The van der Waals surface area contributed by atoms with Crippen molar-refractivity contribution in [3.63, 3.8) is 0 Å². The molecular weight excluding hydrogens is 375 g/mol. The van der Waals surface area contributed by atoms with E-state index in [-0.39, 0.29) is 11.7 Å². The molecule has 0 N–H and O–H groups in total. The zero-order valence-corrected chi connectivity index (χ0v) is 15.0. The van der Waals surface area contributed by atoms with Crippen LogP contribution in [0.5, 0.6) is 5.75 Å². The highest BCUT2D eigenvalue weighted by molar-refractivity contribution is 5.84. The van der Waals surface area contributed by atoms with Gasteiger partial charge in [0.25, 0.3) is 0 Å². The average Bonchev–Trinajstić information content (AvgIpc) is 2.61. The third-order valence-corrected chi connectivity index (χ3v) is 5.29. The molecule has 4 rings (SSSR count). The second kappa shape index (κ2) is 6.76. The topological polar surface area (TPSA) is 9.23 Å². The van der Waals surface area contributed by atoms with Gasteiger partial charge >= 0.3 is 6.36 Å². The van der Waals surface area contributed by atoms with E-state index in [9.17, 15) is 17.6 Å². The molecule has 0 aliphatic heterocycles. The largest absolute Gasteiger partial charge is 0.573 e. The summed E-state index contributed by atoms with van der Waals surface area (Å²) in [6.07, 6.45) is -3.58. The van der Waals surface area contributed by atoms with Crippen molar-refractivity contribution in [2.45, 2.75) is 38.5 Å². The first-order chi connectivity index (χ1) is 13.2. The van der Waals surface area contributed by atoms with E-state index in [4.69, 9.17) is 0 Å². The minimum Gasteiger partial charge on any atom is -0.403 e. The first-order valence-corrected chi connectivity index (χ1v) is 8.97. The Kier molecular flexibility index (Phi) is 4.52. The van der Waals surface area contributed by atoms with Crippen LogP contribution in [0.4, 0.5) is 22.0 Å². The molecule has 146 valence electrons. The van der Waals surface area contributed by atoms with Gasteiger partial charge in [0.1, 0.15) is 5.82 Å². The molecule has 0 amide bonds. The first-order valence-electron chi connectivity index (χ1n) is 8.97. The Morgan fingerprint density at radius 3 is 2.50 bits per heavy atom. The molecule has 0 saturated heterocycles. The number of aryl methyl sites for hydroxylation is 2. The molecule has 3 aromatic rings. The van der Waals surface area contributed by atoms with Crippen molar-refractivity contribution < 1.29 is 26.7 Å². The summed E-state index contributed by atoms with van der Waals surface area (Å²) >= 11 is 0. The summed E-state index contributed by atoms with van der Waals surface area (Å²) in [7, 11) is 0. The fourth-order valence-corrected chi connectivity index (χ4v) is 3.97. The molecule has 3 aromatic carbocycles. The minimum atomic E-state index is -4.95. The molecule has 0 fully saturated rings. The van der Waals surface area contributed by atoms with Gasteiger partial charge in [-0.05, 0) is 66.3 Å². The van der Waals surface area contributed by atoms with Crippen LogP contribution in [-0.4, -0.2) is 6.36 Å². The highest BCUT2D eigenvalue weighted by Crippen LogP contribution is 2.38. The Morgan fingerprint density at radius 2 is 1.75 bits per heavy atom. The number of halogens is 5. The Hall–Kier alpha value is -2.63. The van der Waals surface area contributed by atoms with Gasteiger partial charge in [0.05, 0.1) is 0 Å². The van der Waals surface area contributed by atoms with E-state index in [1.54, 1.807) is 12.1 Å². The molecule has 0 bridgehead atoms. The van der Waals surface area contributed by atoms with Gasteiger partial charge in [-0.3, -0.25) is 0 Å². The second-order valence-corrected chi connectivity index (χ2v) is 7.23. The van der Waals surface area contributed by atoms with Crippen molar-refractivity contribution in [3.8, 4) is 5.75 Å². The van der Waals surface area contributed by atoms with Crippen LogP contribution in [0, 0.1) is 18.6 Å². The van der Waals surface area contributed by atoms with Crippen molar-refractivity contribution in [3.05, 3.63) is 76.4 Å². The van der Waals surface area contributed by atoms with Crippen LogP contribution in [0.1, 0.15) is 34.6 Å². The molecule has 1 unspecified atom stereocenters. The molecule has 0 radical (unpaired) electrons. The van der Waals surface area contributed by atoms with E-state index in [1.807, 2.05) is 25.1 Å². The standard InChI is InChI=1S/C22H17F5O/c1-12-2-6-17-14(8-12)5-7-18(21(17)24)15-4-3-13-11-20(28-22(25,26)27)19(23)10-16(13)9-15/h2,5-8,10-11,15H,3-4,9H2,1H3. The number of ether oxygens (including phenoxy) is 1. The molecule has 1 aliphatic rings.